The summed E-state index contributed by atoms with van der Waals surface area (Å²) in [5, 5.41) is 7.76. The number of hydrogen-bond donors (Lipinski definition) is 1. The topological polar surface area (TPSA) is 51.0 Å². The summed E-state index contributed by atoms with van der Waals surface area (Å²) < 4.78 is 5.03. The van der Waals surface area contributed by atoms with Crippen molar-refractivity contribution in [3.05, 3.63) is 11.7 Å². The van der Waals surface area contributed by atoms with Gasteiger partial charge in [0.2, 0.25) is 5.89 Å². The lowest BCUT2D eigenvalue weighted by Crippen LogP contribution is -2.58. The molecule has 0 unspecified atom stereocenters. The number of hydrogen-bond acceptors (Lipinski definition) is 4. The first kappa shape index (κ1) is 11.0. The smallest absolute Gasteiger partial charge is 0.223 e. The number of nitrogens with zero attached hydrogens (tertiary/aromatic N) is 2. The van der Waals surface area contributed by atoms with Crippen molar-refractivity contribution in [2.75, 3.05) is 0 Å². The highest BCUT2D eigenvalue weighted by molar-refractivity contribution is 5.06. The van der Waals surface area contributed by atoms with Crippen molar-refractivity contribution in [1.82, 2.24) is 15.5 Å². The molecular weight excluding hydrogens is 226 g/mol. The van der Waals surface area contributed by atoms with Crippen LogP contribution in [0.3, 0.4) is 0 Å². The van der Waals surface area contributed by atoms with Gasteiger partial charge in [0.25, 0.3) is 0 Å². The van der Waals surface area contributed by atoms with Gasteiger partial charge in [-0.2, -0.15) is 4.98 Å². The van der Waals surface area contributed by atoms with Gasteiger partial charge < -0.3 is 9.84 Å². The van der Waals surface area contributed by atoms with E-state index in [1.54, 1.807) is 0 Å². The Hall–Kier alpha value is -0.900. The van der Waals surface area contributed by atoms with Crippen LogP contribution in [0.2, 0.25) is 0 Å². The van der Waals surface area contributed by atoms with Gasteiger partial charge in [0.05, 0.1) is 6.54 Å². The van der Waals surface area contributed by atoms with Crippen LogP contribution < -0.4 is 5.32 Å². The van der Waals surface area contributed by atoms with Crippen LogP contribution in [0.4, 0.5) is 0 Å². The molecule has 4 aliphatic rings. The summed E-state index contributed by atoms with van der Waals surface area (Å²) in [5.74, 6) is 4.42. The molecule has 1 aromatic heterocycles. The molecule has 98 valence electrons. The Balaban J connectivity index is 1.47. The molecule has 0 aliphatic heterocycles. The molecule has 4 heteroatoms. The summed E-state index contributed by atoms with van der Waals surface area (Å²) >= 11 is 0. The van der Waals surface area contributed by atoms with Crippen LogP contribution in [0.15, 0.2) is 4.52 Å². The summed E-state index contributed by atoms with van der Waals surface area (Å²) in [6.45, 7) is 2.62. The molecule has 4 nitrogen and oxygen atoms in total. The highest BCUT2D eigenvalue weighted by Gasteiger charge is 2.50. The Labute approximate surface area is 108 Å². The monoisotopic (exact) mass is 247 g/mol. The first-order valence-corrected chi connectivity index (χ1v) is 7.25. The van der Waals surface area contributed by atoms with Crippen molar-refractivity contribution in [3.63, 3.8) is 0 Å². The maximum Gasteiger partial charge on any atom is 0.223 e. The van der Waals surface area contributed by atoms with Crippen molar-refractivity contribution in [2.24, 2.45) is 17.8 Å². The van der Waals surface area contributed by atoms with E-state index in [1.165, 1.54) is 38.5 Å². The maximum absolute atomic E-state index is 5.03. The van der Waals surface area contributed by atoms with Crippen LogP contribution >= 0.6 is 0 Å². The van der Waals surface area contributed by atoms with Gasteiger partial charge in [-0.05, 0) is 56.3 Å². The Morgan fingerprint density at radius 2 is 1.78 bits per heavy atom. The van der Waals surface area contributed by atoms with Gasteiger partial charge in [0.15, 0.2) is 5.82 Å². The Bertz CT molecular complexity index is 418. The molecule has 4 bridgehead atoms. The van der Waals surface area contributed by atoms with Gasteiger partial charge in [-0.15, -0.1) is 0 Å². The molecule has 4 fully saturated rings. The molecule has 5 rings (SSSR count). The molecule has 4 aliphatic carbocycles. The van der Waals surface area contributed by atoms with Gasteiger partial charge in [-0.1, -0.05) is 5.16 Å². The fraction of sp³-hybridized carbons (Fsp3) is 0.857. The van der Waals surface area contributed by atoms with E-state index in [0.717, 1.165) is 30.1 Å². The molecule has 0 atom stereocenters. The standard InChI is InChI=1S/C14H21N3O/c1-9-16-13(17-18-9)8-15-14-5-10-2-11(6-14)4-12(3-10)7-14/h10-12,15H,2-8H2,1H3. The largest absolute Gasteiger partial charge is 0.340 e. The molecule has 0 spiro atoms. The third-order valence-electron chi connectivity index (χ3n) is 5.23. The average molecular weight is 247 g/mol. The maximum atomic E-state index is 5.03. The second kappa shape index (κ2) is 3.80. The lowest BCUT2D eigenvalue weighted by Gasteiger charge is -2.57. The van der Waals surface area contributed by atoms with Crippen LogP contribution in [-0.4, -0.2) is 15.7 Å². The summed E-state index contributed by atoms with van der Waals surface area (Å²) in [7, 11) is 0. The van der Waals surface area contributed by atoms with E-state index in [1.807, 2.05) is 6.92 Å². The minimum atomic E-state index is 0.392. The van der Waals surface area contributed by atoms with Crippen molar-refractivity contribution < 1.29 is 4.52 Å². The zero-order valence-corrected chi connectivity index (χ0v) is 11.0. The summed E-state index contributed by atoms with van der Waals surface area (Å²) in [4.78, 5) is 4.29. The first-order chi connectivity index (χ1) is 8.71. The van der Waals surface area contributed by atoms with Crippen molar-refractivity contribution in [1.29, 1.82) is 0 Å². The fourth-order valence-corrected chi connectivity index (χ4v) is 5.01. The van der Waals surface area contributed by atoms with E-state index in [0.29, 0.717) is 11.4 Å². The van der Waals surface area contributed by atoms with Crippen LogP contribution in [0.5, 0.6) is 0 Å². The molecule has 0 aromatic carbocycles. The van der Waals surface area contributed by atoms with E-state index < -0.39 is 0 Å². The molecule has 1 N–H and O–H groups in total. The van der Waals surface area contributed by atoms with Crippen LogP contribution in [0, 0.1) is 24.7 Å². The SMILES string of the molecule is Cc1nc(CNC23CC4CC(CC(C4)C2)C3)no1. The zero-order valence-electron chi connectivity index (χ0n) is 11.0. The molecule has 0 radical (unpaired) electrons. The van der Waals surface area contributed by atoms with Gasteiger partial charge in [0.1, 0.15) is 0 Å². The quantitative estimate of drug-likeness (QED) is 0.891. The number of aryl methyl sites for hydroxylation is 1. The summed E-state index contributed by atoms with van der Waals surface area (Å²) in [6.07, 6.45) is 8.58. The number of aromatic nitrogens is 2. The van der Waals surface area contributed by atoms with E-state index >= 15 is 0 Å². The van der Waals surface area contributed by atoms with E-state index in [-0.39, 0.29) is 0 Å². The highest BCUT2D eigenvalue weighted by atomic mass is 16.5. The first-order valence-electron chi connectivity index (χ1n) is 7.25. The Kier molecular flexibility index (Phi) is 2.31. The van der Waals surface area contributed by atoms with Gasteiger partial charge in [0, 0.05) is 12.5 Å². The second-order valence-electron chi connectivity index (χ2n) is 6.78. The zero-order chi connectivity index (χ0) is 12.2. The van der Waals surface area contributed by atoms with Crippen molar-refractivity contribution >= 4 is 0 Å². The Morgan fingerprint density at radius 3 is 2.28 bits per heavy atom. The van der Waals surface area contributed by atoms with Crippen LogP contribution in [0.1, 0.15) is 50.2 Å². The highest BCUT2D eigenvalue weighted by Crippen LogP contribution is 2.55. The van der Waals surface area contributed by atoms with Gasteiger partial charge in [-0.3, -0.25) is 0 Å². The lowest BCUT2D eigenvalue weighted by molar-refractivity contribution is -0.0209. The average Bonchev–Trinajstić information content (AvgIpc) is 2.71. The normalized spacial score (nSPS) is 41.5. The van der Waals surface area contributed by atoms with E-state index in [4.69, 9.17) is 4.52 Å². The minimum absolute atomic E-state index is 0.392. The number of nitrogens with one attached hydrogen (secondary N) is 1. The fourth-order valence-electron chi connectivity index (χ4n) is 5.01. The van der Waals surface area contributed by atoms with E-state index in [2.05, 4.69) is 15.5 Å². The Morgan fingerprint density at radius 1 is 1.17 bits per heavy atom. The predicted molar refractivity (Wildman–Crippen MR) is 66.8 cm³/mol. The third-order valence-corrected chi connectivity index (χ3v) is 5.23. The van der Waals surface area contributed by atoms with Crippen LogP contribution in [0.25, 0.3) is 0 Å². The molecule has 0 amide bonds. The lowest BCUT2D eigenvalue weighted by atomic mass is 9.53. The van der Waals surface area contributed by atoms with Crippen molar-refractivity contribution in [3.8, 4) is 0 Å². The molecule has 4 saturated carbocycles. The molecule has 1 aromatic rings. The third kappa shape index (κ3) is 1.78. The number of rotatable bonds is 3. The minimum Gasteiger partial charge on any atom is -0.340 e. The van der Waals surface area contributed by atoms with Crippen molar-refractivity contribution in [2.45, 2.75) is 57.5 Å². The van der Waals surface area contributed by atoms with Gasteiger partial charge in [-0.25, -0.2) is 0 Å². The molecule has 0 saturated heterocycles. The summed E-state index contributed by atoms with van der Waals surface area (Å²) in [6, 6.07) is 0. The van der Waals surface area contributed by atoms with Crippen LogP contribution in [-0.2, 0) is 6.54 Å². The molecular formula is C14H21N3O. The van der Waals surface area contributed by atoms with E-state index in [9.17, 15) is 0 Å². The van der Waals surface area contributed by atoms with Gasteiger partial charge >= 0.3 is 0 Å². The molecule has 1 heterocycles. The second-order valence-corrected chi connectivity index (χ2v) is 6.78. The summed E-state index contributed by atoms with van der Waals surface area (Å²) in [5.41, 5.74) is 0.392. The molecule has 18 heavy (non-hydrogen) atoms. The predicted octanol–water partition coefficient (Wildman–Crippen LogP) is 2.44.